The molecule has 3 aromatic rings. The van der Waals surface area contributed by atoms with E-state index in [1.165, 1.54) is 36.4 Å². The lowest BCUT2D eigenvalue weighted by Gasteiger charge is -2.12. The van der Waals surface area contributed by atoms with E-state index < -0.39 is 16.1 Å². The van der Waals surface area contributed by atoms with Crippen molar-refractivity contribution < 1.29 is 23.6 Å². The van der Waals surface area contributed by atoms with Crippen molar-refractivity contribution in [3.63, 3.8) is 0 Å². The summed E-state index contributed by atoms with van der Waals surface area (Å²) < 4.78 is 18.9. The Labute approximate surface area is 186 Å². The van der Waals surface area contributed by atoms with Crippen molar-refractivity contribution in [2.75, 3.05) is 4.90 Å². The van der Waals surface area contributed by atoms with E-state index in [4.69, 9.17) is 4.74 Å². The molecule has 0 atom stereocenters. The van der Waals surface area contributed by atoms with Gasteiger partial charge < -0.3 is 4.74 Å². The van der Waals surface area contributed by atoms with E-state index in [1.54, 1.807) is 42.5 Å². The largest absolute Gasteiger partial charge is 0.488 e. The Kier molecular flexibility index (Phi) is 6.00. The molecule has 3 aromatic carbocycles. The van der Waals surface area contributed by atoms with Crippen molar-refractivity contribution in [3.8, 4) is 5.75 Å². The van der Waals surface area contributed by atoms with Crippen LogP contribution in [0.25, 0.3) is 6.08 Å². The van der Waals surface area contributed by atoms with Gasteiger partial charge in [-0.15, -0.1) is 0 Å². The molecule has 0 radical (unpaired) electrons. The van der Waals surface area contributed by atoms with E-state index in [2.05, 4.69) is 0 Å². The summed E-state index contributed by atoms with van der Waals surface area (Å²) in [6.07, 6.45) is 1.40. The molecule has 32 heavy (non-hydrogen) atoms. The molecule has 0 aliphatic carbocycles. The number of thioether (sulfide) groups is 1. The Hall–Kier alpha value is -3.98. The molecule has 0 N–H and O–H groups in total. The maximum Gasteiger partial charge on any atom is 0.298 e. The van der Waals surface area contributed by atoms with Crippen LogP contribution in [0.5, 0.6) is 5.75 Å². The number of hydrogen-bond acceptors (Lipinski definition) is 6. The van der Waals surface area contributed by atoms with Crippen molar-refractivity contribution in [1.82, 2.24) is 0 Å². The van der Waals surface area contributed by atoms with Crippen molar-refractivity contribution in [3.05, 3.63) is 105 Å². The molecule has 1 aliphatic heterocycles. The van der Waals surface area contributed by atoms with E-state index in [0.29, 0.717) is 11.3 Å². The number of rotatable bonds is 6. The first kappa shape index (κ1) is 21.3. The molecule has 1 aliphatic rings. The highest BCUT2D eigenvalue weighted by Crippen LogP contribution is 2.37. The summed E-state index contributed by atoms with van der Waals surface area (Å²) in [6, 6.07) is 18.2. The lowest BCUT2D eigenvalue weighted by atomic mass is 10.1. The summed E-state index contributed by atoms with van der Waals surface area (Å²) >= 11 is 0.742. The number of non-ortho nitro benzene ring substituents is 1. The summed E-state index contributed by atoms with van der Waals surface area (Å²) in [5, 5.41) is 10.8. The van der Waals surface area contributed by atoms with Crippen LogP contribution in [0.15, 0.2) is 77.7 Å². The van der Waals surface area contributed by atoms with Crippen LogP contribution in [0.3, 0.4) is 0 Å². The number of amides is 2. The molecule has 2 amide bonds. The number of carbonyl (C=O) groups is 2. The van der Waals surface area contributed by atoms with Gasteiger partial charge in [-0.1, -0.05) is 30.3 Å². The first-order valence-corrected chi connectivity index (χ1v) is 10.2. The SMILES string of the molecule is O=C1S/C(=C/c2cc([N+](=O)[O-])ccc2OCc2ccc(F)cc2)C(=O)N1c1ccccc1. The van der Waals surface area contributed by atoms with Gasteiger partial charge in [-0.2, -0.15) is 0 Å². The quantitative estimate of drug-likeness (QED) is 0.278. The van der Waals surface area contributed by atoms with Crippen LogP contribution in [0.1, 0.15) is 11.1 Å². The second kappa shape index (κ2) is 9.03. The van der Waals surface area contributed by atoms with Gasteiger partial charge in [-0.25, -0.2) is 9.29 Å². The Morgan fingerprint density at radius 2 is 1.75 bits per heavy atom. The average molecular weight is 450 g/mol. The summed E-state index contributed by atoms with van der Waals surface area (Å²) in [4.78, 5) is 37.2. The van der Waals surface area contributed by atoms with E-state index in [9.17, 15) is 24.1 Å². The van der Waals surface area contributed by atoms with Gasteiger partial charge in [0.2, 0.25) is 0 Å². The molecule has 4 rings (SSSR count). The summed E-state index contributed by atoms with van der Waals surface area (Å²) in [5.74, 6) is -0.618. The Balaban J connectivity index is 1.65. The van der Waals surface area contributed by atoms with Crippen molar-refractivity contribution in [2.45, 2.75) is 6.61 Å². The summed E-state index contributed by atoms with van der Waals surface area (Å²) in [5.41, 5.74) is 1.22. The van der Waals surface area contributed by atoms with Crippen molar-refractivity contribution in [2.24, 2.45) is 0 Å². The highest BCUT2D eigenvalue weighted by molar-refractivity contribution is 8.19. The highest BCUT2D eigenvalue weighted by Gasteiger charge is 2.36. The molecule has 9 heteroatoms. The number of ether oxygens (including phenoxy) is 1. The van der Waals surface area contributed by atoms with Crippen molar-refractivity contribution in [1.29, 1.82) is 0 Å². The highest BCUT2D eigenvalue weighted by atomic mass is 32.2. The topological polar surface area (TPSA) is 89.7 Å². The number of nitro groups is 1. The van der Waals surface area contributed by atoms with Crippen LogP contribution in [-0.4, -0.2) is 16.1 Å². The lowest BCUT2D eigenvalue weighted by molar-refractivity contribution is -0.384. The standard InChI is InChI=1S/C23H15FN2O5S/c24-17-8-6-15(7-9-17)14-31-20-11-10-19(26(29)30)12-16(20)13-21-22(27)25(23(28)32-21)18-4-2-1-3-5-18/h1-13H,14H2/b21-13+. The third-order valence-electron chi connectivity index (χ3n) is 4.61. The zero-order chi connectivity index (χ0) is 22.7. The second-order valence-electron chi connectivity index (χ2n) is 6.75. The van der Waals surface area contributed by atoms with Crippen LogP contribution < -0.4 is 9.64 Å². The molecule has 7 nitrogen and oxygen atoms in total. The molecule has 0 unspecified atom stereocenters. The molecule has 0 bridgehead atoms. The molecule has 1 fully saturated rings. The van der Waals surface area contributed by atoms with Gasteiger partial charge >= 0.3 is 0 Å². The number of nitrogens with zero attached hydrogens (tertiary/aromatic N) is 2. The normalized spacial score (nSPS) is 14.8. The second-order valence-corrected chi connectivity index (χ2v) is 7.74. The smallest absolute Gasteiger partial charge is 0.298 e. The maximum atomic E-state index is 13.1. The fourth-order valence-corrected chi connectivity index (χ4v) is 3.88. The van der Waals surface area contributed by atoms with E-state index in [0.717, 1.165) is 16.7 Å². The molecule has 1 heterocycles. The zero-order valence-corrected chi connectivity index (χ0v) is 17.3. The lowest BCUT2D eigenvalue weighted by Crippen LogP contribution is -2.27. The number of anilines is 1. The van der Waals surface area contributed by atoms with Gasteiger partial charge in [-0.3, -0.25) is 19.7 Å². The predicted molar refractivity (Wildman–Crippen MR) is 119 cm³/mol. The zero-order valence-electron chi connectivity index (χ0n) is 16.4. The van der Waals surface area contributed by atoms with Gasteiger partial charge in [0.25, 0.3) is 16.8 Å². The van der Waals surface area contributed by atoms with Crippen LogP contribution in [-0.2, 0) is 11.4 Å². The van der Waals surface area contributed by atoms with Crippen molar-refractivity contribution >= 4 is 40.4 Å². The van der Waals surface area contributed by atoms with Gasteiger partial charge in [0, 0.05) is 17.7 Å². The summed E-state index contributed by atoms with van der Waals surface area (Å²) in [6.45, 7) is 0.0877. The number of para-hydroxylation sites is 1. The van der Waals surface area contributed by atoms with E-state index in [1.807, 2.05) is 0 Å². The predicted octanol–water partition coefficient (Wildman–Crippen LogP) is 5.55. The molecular weight excluding hydrogens is 435 g/mol. The van der Waals surface area contributed by atoms with Gasteiger partial charge in [0.05, 0.1) is 15.5 Å². The Morgan fingerprint density at radius 1 is 1.03 bits per heavy atom. The molecule has 1 saturated heterocycles. The fraction of sp³-hybridized carbons (Fsp3) is 0.0435. The first-order valence-electron chi connectivity index (χ1n) is 9.41. The number of nitro benzene ring substituents is 1. The Bertz CT molecular complexity index is 1230. The number of hydrogen-bond donors (Lipinski definition) is 0. The monoisotopic (exact) mass is 450 g/mol. The third-order valence-corrected chi connectivity index (χ3v) is 5.48. The minimum atomic E-state index is -0.559. The third kappa shape index (κ3) is 4.52. The molecule has 0 spiro atoms. The summed E-state index contributed by atoms with van der Waals surface area (Å²) in [7, 11) is 0. The molecule has 0 saturated carbocycles. The number of carbonyl (C=O) groups excluding carboxylic acids is 2. The molecule has 0 aromatic heterocycles. The number of halogens is 1. The van der Waals surface area contributed by atoms with Gasteiger partial charge in [0.15, 0.2) is 0 Å². The number of imide groups is 1. The van der Waals surface area contributed by atoms with Gasteiger partial charge in [0.1, 0.15) is 18.2 Å². The minimum Gasteiger partial charge on any atom is -0.488 e. The molecular formula is C23H15FN2O5S. The molecule has 160 valence electrons. The van der Waals surface area contributed by atoms with Crippen LogP contribution in [0.4, 0.5) is 20.6 Å². The van der Waals surface area contributed by atoms with Crippen LogP contribution in [0.2, 0.25) is 0 Å². The van der Waals surface area contributed by atoms with Crippen LogP contribution >= 0.6 is 11.8 Å². The number of benzene rings is 3. The van der Waals surface area contributed by atoms with Gasteiger partial charge in [-0.05, 0) is 53.7 Å². The Morgan fingerprint density at radius 3 is 2.44 bits per heavy atom. The average Bonchev–Trinajstić information content (AvgIpc) is 3.07. The maximum absolute atomic E-state index is 13.1. The van der Waals surface area contributed by atoms with Crippen LogP contribution in [0, 0.1) is 15.9 Å². The van der Waals surface area contributed by atoms with E-state index in [-0.39, 0.29) is 34.3 Å². The fourth-order valence-electron chi connectivity index (χ4n) is 3.04. The van der Waals surface area contributed by atoms with E-state index >= 15 is 0 Å². The first-order chi connectivity index (χ1) is 15.4. The minimum absolute atomic E-state index is 0.0877.